The van der Waals surface area contributed by atoms with Crippen molar-refractivity contribution in [2.45, 2.75) is 31.9 Å². The number of aliphatic carboxylic acids is 1. The quantitative estimate of drug-likeness (QED) is 0.416. The first-order valence-electron chi connectivity index (χ1n) is 12.3. The number of pyridine rings is 1. The van der Waals surface area contributed by atoms with E-state index in [9.17, 15) is 23.1 Å². The third kappa shape index (κ3) is 6.80. The van der Waals surface area contributed by atoms with Crippen LogP contribution in [-0.2, 0) is 17.4 Å². The molecule has 1 N–H and O–H groups in total. The molecule has 0 aliphatic carbocycles. The van der Waals surface area contributed by atoms with Gasteiger partial charge in [-0.15, -0.1) is 0 Å². The second-order valence-electron chi connectivity index (χ2n) is 9.35. The molecule has 4 rings (SSSR count). The first-order valence-corrected chi connectivity index (χ1v) is 12.3. The summed E-state index contributed by atoms with van der Waals surface area (Å²) in [7, 11) is 1.63. The number of nitrogens with zero attached hydrogens (tertiary/aromatic N) is 2. The minimum Gasteiger partial charge on any atom is -0.497 e. The number of carboxylic acids is 1. The van der Waals surface area contributed by atoms with Crippen molar-refractivity contribution < 1.29 is 27.8 Å². The summed E-state index contributed by atoms with van der Waals surface area (Å²) < 4.78 is 43.5. The van der Waals surface area contributed by atoms with Gasteiger partial charge in [0.05, 0.1) is 30.7 Å². The number of carboxylic acid groups (broad SMARTS) is 1. The molecule has 1 aliphatic rings. The Balaban J connectivity index is 1.32. The Bertz CT molecular complexity index is 1300. The zero-order valence-corrected chi connectivity index (χ0v) is 20.6. The normalized spacial score (nSPS) is 18.3. The van der Waals surface area contributed by atoms with Gasteiger partial charge in [-0.2, -0.15) is 13.2 Å². The molecular formula is C29H29F3N2O3. The lowest BCUT2D eigenvalue weighted by Gasteiger charge is -2.35. The minimum atomic E-state index is -4.37. The predicted molar refractivity (Wildman–Crippen MR) is 135 cm³/mol. The lowest BCUT2D eigenvalue weighted by molar-refractivity contribution is -0.146. The average molecular weight is 511 g/mol. The van der Waals surface area contributed by atoms with Crippen molar-refractivity contribution in [1.29, 1.82) is 0 Å². The van der Waals surface area contributed by atoms with Crippen LogP contribution < -0.4 is 4.74 Å². The lowest BCUT2D eigenvalue weighted by atomic mass is 9.81. The number of hydrogen-bond acceptors (Lipinski definition) is 4. The molecule has 8 heteroatoms. The molecular weight excluding hydrogens is 481 g/mol. The predicted octanol–water partition coefficient (Wildman–Crippen LogP) is 5.66. The molecule has 5 nitrogen and oxygen atoms in total. The monoisotopic (exact) mass is 510 g/mol. The summed E-state index contributed by atoms with van der Waals surface area (Å²) in [6, 6.07) is 12.6. The number of aryl methyl sites for hydroxylation is 1. The molecule has 0 bridgehead atoms. The largest absolute Gasteiger partial charge is 0.497 e. The van der Waals surface area contributed by atoms with Crippen molar-refractivity contribution >= 4 is 16.9 Å². The molecule has 2 heterocycles. The van der Waals surface area contributed by atoms with E-state index in [0.717, 1.165) is 61.0 Å². The number of alkyl halides is 3. The van der Waals surface area contributed by atoms with Crippen LogP contribution in [0.15, 0.2) is 54.7 Å². The van der Waals surface area contributed by atoms with Crippen LogP contribution in [-0.4, -0.2) is 47.7 Å². The van der Waals surface area contributed by atoms with Gasteiger partial charge >= 0.3 is 12.1 Å². The van der Waals surface area contributed by atoms with E-state index in [-0.39, 0.29) is 5.92 Å². The van der Waals surface area contributed by atoms with E-state index >= 15 is 0 Å². The second kappa shape index (κ2) is 11.7. The Labute approximate surface area is 214 Å². The average Bonchev–Trinajstić information content (AvgIpc) is 2.89. The number of benzene rings is 2. The van der Waals surface area contributed by atoms with Crippen LogP contribution in [0.25, 0.3) is 10.9 Å². The van der Waals surface area contributed by atoms with E-state index in [1.807, 2.05) is 29.2 Å². The molecule has 194 valence electrons. The number of aromatic nitrogens is 1. The summed E-state index contributed by atoms with van der Waals surface area (Å²) >= 11 is 0. The molecule has 2 atom stereocenters. The van der Waals surface area contributed by atoms with Crippen LogP contribution in [0.3, 0.4) is 0 Å². The van der Waals surface area contributed by atoms with E-state index in [1.165, 1.54) is 17.7 Å². The van der Waals surface area contributed by atoms with Gasteiger partial charge in [0.15, 0.2) is 0 Å². The molecule has 1 aromatic heterocycles. The summed E-state index contributed by atoms with van der Waals surface area (Å²) in [5, 5.41) is 10.9. The van der Waals surface area contributed by atoms with E-state index < -0.39 is 23.6 Å². The maximum Gasteiger partial charge on any atom is 0.416 e. The Kier molecular flexibility index (Phi) is 8.34. The third-order valence-electron chi connectivity index (χ3n) is 6.96. The summed E-state index contributed by atoms with van der Waals surface area (Å²) in [4.78, 5) is 18.5. The summed E-state index contributed by atoms with van der Waals surface area (Å²) in [6.45, 7) is 1.53. The fourth-order valence-electron chi connectivity index (χ4n) is 4.91. The first kappa shape index (κ1) is 26.5. The molecule has 0 amide bonds. The smallest absolute Gasteiger partial charge is 0.416 e. The van der Waals surface area contributed by atoms with Crippen molar-refractivity contribution in [3.05, 3.63) is 71.4 Å². The van der Waals surface area contributed by atoms with E-state index in [0.29, 0.717) is 18.7 Å². The number of piperidine rings is 1. The topological polar surface area (TPSA) is 62.7 Å². The van der Waals surface area contributed by atoms with Gasteiger partial charge in [-0.3, -0.25) is 14.7 Å². The SMILES string of the molecule is COc1ccc2nccc(CCC[C@@H]3CCN(CC#Cc4ccc(C(F)(F)F)cc4)C[C@@H]3C(=O)O)c2c1. The number of methoxy groups -OCH3 is 1. The number of rotatable bonds is 7. The van der Waals surface area contributed by atoms with Crippen molar-refractivity contribution in [3.63, 3.8) is 0 Å². The lowest BCUT2D eigenvalue weighted by Crippen LogP contribution is -2.44. The van der Waals surface area contributed by atoms with Crippen LogP contribution in [0, 0.1) is 23.7 Å². The Hall–Kier alpha value is -3.57. The number of fused-ring (bicyclic) bond motifs is 1. The highest BCUT2D eigenvalue weighted by Crippen LogP contribution is 2.31. The summed E-state index contributed by atoms with van der Waals surface area (Å²) in [5.74, 6) is 5.45. The molecule has 1 saturated heterocycles. The first-order chi connectivity index (χ1) is 17.7. The van der Waals surface area contributed by atoms with Gasteiger partial charge < -0.3 is 9.84 Å². The summed E-state index contributed by atoms with van der Waals surface area (Å²) in [6.07, 6.45) is 0.714. The van der Waals surface area contributed by atoms with Crippen LogP contribution in [0.5, 0.6) is 5.75 Å². The zero-order valence-electron chi connectivity index (χ0n) is 20.6. The summed E-state index contributed by atoms with van der Waals surface area (Å²) in [5.41, 5.74) is 1.87. The number of likely N-dealkylation sites (tertiary alicyclic amines) is 1. The second-order valence-corrected chi connectivity index (χ2v) is 9.35. The number of hydrogen-bond donors (Lipinski definition) is 1. The third-order valence-corrected chi connectivity index (χ3v) is 6.96. The molecule has 3 aromatic rings. The van der Waals surface area contributed by atoms with Gasteiger partial charge in [-0.05, 0) is 92.2 Å². The van der Waals surface area contributed by atoms with Gasteiger partial charge in [-0.25, -0.2) is 0 Å². The standard InChI is InChI=1S/C29H29F3N2O3/c1-37-24-11-12-27-25(18-24)21(13-15-33-27)5-2-6-22-14-17-34(19-26(22)28(35)36)16-3-4-20-7-9-23(10-8-20)29(30,31)32/h7-13,15,18,22,26H,2,5-6,14,16-17,19H2,1H3,(H,35,36)/t22-,26+/m1/s1. The van der Waals surface area contributed by atoms with Gasteiger partial charge in [0, 0.05) is 23.7 Å². The van der Waals surface area contributed by atoms with Gasteiger partial charge in [0.1, 0.15) is 5.75 Å². The van der Waals surface area contributed by atoms with E-state index in [4.69, 9.17) is 4.74 Å². The zero-order chi connectivity index (χ0) is 26.4. The van der Waals surface area contributed by atoms with Gasteiger partial charge in [0.25, 0.3) is 0 Å². The van der Waals surface area contributed by atoms with E-state index in [2.05, 4.69) is 16.8 Å². The molecule has 0 radical (unpaired) electrons. The van der Waals surface area contributed by atoms with Crippen LogP contribution in [0.1, 0.15) is 36.0 Å². The molecule has 1 aliphatic heterocycles. The van der Waals surface area contributed by atoms with Crippen LogP contribution >= 0.6 is 0 Å². The fraction of sp³-hybridized carbons (Fsp3) is 0.379. The van der Waals surface area contributed by atoms with Crippen molar-refractivity contribution in [2.75, 3.05) is 26.7 Å². The maximum absolute atomic E-state index is 12.7. The molecule has 0 saturated carbocycles. The van der Waals surface area contributed by atoms with Crippen molar-refractivity contribution in [1.82, 2.24) is 9.88 Å². The Morgan fingerprint density at radius 1 is 1.19 bits per heavy atom. The fourth-order valence-corrected chi connectivity index (χ4v) is 4.91. The van der Waals surface area contributed by atoms with Crippen molar-refractivity contribution in [3.8, 4) is 17.6 Å². The highest BCUT2D eigenvalue weighted by atomic mass is 19.4. The molecule has 2 aromatic carbocycles. The maximum atomic E-state index is 12.7. The van der Waals surface area contributed by atoms with Crippen LogP contribution in [0.2, 0.25) is 0 Å². The van der Waals surface area contributed by atoms with Gasteiger partial charge in [0.2, 0.25) is 0 Å². The number of halogens is 3. The Morgan fingerprint density at radius 2 is 1.97 bits per heavy atom. The molecule has 0 unspecified atom stereocenters. The van der Waals surface area contributed by atoms with Gasteiger partial charge in [-0.1, -0.05) is 11.8 Å². The molecule has 0 spiro atoms. The highest BCUT2D eigenvalue weighted by Gasteiger charge is 2.33. The van der Waals surface area contributed by atoms with E-state index in [1.54, 1.807) is 13.3 Å². The van der Waals surface area contributed by atoms with Crippen LogP contribution in [0.4, 0.5) is 13.2 Å². The highest BCUT2D eigenvalue weighted by molar-refractivity contribution is 5.83. The number of carbonyl (C=O) groups is 1. The number of ether oxygens (including phenoxy) is 1. The van der Waals surface area contributed by atoms with Crippen molar-refractivity contribution in [2.24, 2.45) is 11.8 Å². The minimum absolute atomic E-state index is 0.0826. The molecule has 1 fully saturated rings. The Morgan fingerprint density at radius 3 is 2.68 bits per heavy atom. The molecule has 37 heavy (non-hydrogen) atoms.